The minimum Gasteiger partial charge on any atom is -0.103 e. The first-order valence-corrected chi connectivity index (χ1v) is 4.92. The van der Waals surface area contributed by atoms with E-state index in [0.29, 0.717) is 0 Å². The van der Waals surface area contributed by atoms with Crippen molar-refractivity contribution in [3.05, 3.63) is 12.7 Å². The SMILES string of the molecule is C=CCC1CCC(Br)C1C. The maximum Gasteiger partial charge on any atom is 0.0174 e. The predicted octanol–water partition coefficient (Wildman–Crippen LogP) is 3.37. The molecule has 1 heteroatoms. The number of hydrogen-bond acceptors (Lipinski definition) is 0. The quantitative estimate of drug-likeness (QED) is 0.476. The van der Waals surface area contributed by atoms with Crippen molar-refractivity contribution in [1.29, 1.82) is 0 Å². The highest BCUT2D eigenvalue weighted by Crippen LogP contribution is 2.38. The molecule has 0 nitrogen and oxygen atoms in total. The Morgan fingerprint density at radius 2 is 2.30 bits per heavy atom. The molecule has 0 amide bonds. The van der Waals surface area contributed by atoms with E-state index in [1.54, 1.807) is 0 Å². The molecule has 0 bridgehead atoms. The zero-order chi connectivity index (χ0) is 7.56. The fraction of sp³-hybridized carbons (Fsp3) is 0.778. The molecule has 0 aromatic heterocycles. The van der Waals surface area contributed by atoms with Crippen LogP contribution in [0.1, 0.15) is 26.2 Å². The maximum absolute atomic E-state index is 3.77. The Morgan fingerprint density at radius 1 is 1.60 bits per heavy atom. The van der Waals surface area contributed by atoms with Crippen LogP contribution in [0.5, 0.6) is 0 Å². The summed E-state index contributed by atoms with van der Waals surface area (Å²) in [4.78, 5) is 0.762. The molecule has 1 aliphatic rings. The van der Waals surface area contributed by atoms with E-state index in [-0.39, 0.29) is 0 Å². The molecule has 0 aromatic rings. The summed E-state index contributed by atoms with van der Waals surface area (Å²) < 4.78 is 0. The van der Waals surface area contributed by atoms with Crippen LogP contribution in [-0.4, -0.2) is 4.83 Å². The van der Waals surface area contributed by atoms with E-state index in [0.717, 1.165) is 16.7 Å². The largest absolute Gasteiger partial charge is 0.103 e. The fourth-order valence-electron chi connectivity index (χ4n) is 1.74. The fourth-order valence-corrected chi connectivity index (χ4v) is 2.44. The average molecular weight is 203 g/mol. The standard InChI is InChI=1S/C9H15Br/c1-3-4-8-5-6-9(10)7(8)2/h3,7-9H,1,4-6H2,2H3. The van der Waals surface area contributed by atoms with Gasteiger partial charge in [-0.25, -0.2) is 0 Å². The van der Waals surface area contributed by atoms with Gasteiger partial charge in [-0.15, -0.1) is 6.58 Å². The van der Waals surface area contributed by atoms with Gasteiger partial charge in [-0.3, -0.25) is 0 Å². The van der Waals surface area contributed by atoms with Gasteiger partial charge >= 0.3 is 0 Å². The zero-order valence-corrected chi connectivity index (χ0v) is 8.10. The molecule has 58 valence electrons. The third-order valence-corrected chi connectivity index (χ3v) is 3.89. The first-order valence-electron chi connectivity index (χ1n) is 4.00. The van der Waals surface area contributed by atoms with Gasteiger partial charge in [0, 0.05) is 4.83 Å². The number of rotatable bonds is 2. The van der Waals surface area contributed by atoms with Crippen molar-refractivity contribution in [3.63, 3.8) is 0 Å². The van der Waals surface area contributed by atoms with E-state index in [2.05, 4.69) is 29.4 Å². The van der Waals surface area contributed by atoms with Crippen LogP contribution >= 0.6 is 15.9 Å². The summed E-state index contributed by atoms with van der Waals surface area (Å²) in [5.41, 5.74) is 0. The summed E-state index contributed by atoms with van der Waals surface area (Å²) in [6.45, 7) is 6.10. The molecule has 0 spiro atoms. The molecule has 1 fully saturated rings. The van der Waals surface area contributed by atoms with Crippen molar-refractivity contribution >= 4 is 15.9 Å². The lowest BCUT2D eigenvalue weighted by Gasteiger charge is -2.14. The van der Waals surface area contributed by atoms with Gasteiger partial charge in [0.25, 0.3) is 0 Å². The lowest BCUT2D eigenvalue weighted by atomic mass is 9.95. The van der Waals surface area contributed by atoms with Gasteiger partial charge in [0.15, 0.2) is 0 Å². The molecule has 1 saturated carbocycles. The third kappa shape index (κ3) is 1.63. The van der Waals surface area contributed by atoms with Crippen LogP contribution in [0, 0.1) is 11.8 Å². The number of alkyl halides is 1. The van der Waals surface area contributed by atoms with Crippen LogP contribution in [0.4, 0.5) is 0 Å². The monoisotopic (exact) mass is 202 g/mol. The second-order valence-electron chi connectivity index (χ2n) is 3.24. The first-order chi connectivity index (χ1) is 4.75. The Hall–Kier alpha value is 0.220. The second-order valence-corrected chi connectivity index (χ2v) is 4.41. The van der Waals surface area contributed by atoms with Crippen molar-refractivity contribution in [3.8, 4) is 0 Å². The summed E-state index contributed by atoms with van der Waals surface area (Å²) in [5.74, 6) is 1.74. The molecule has 0 heterocycles. The van der Waals surface area contributed by atoms with Crippen LogP contribution in [0.3, 0.4) is 0 Å². The van der Waals surface area contributed by atoms with Crippen LogP contribution < -0.4 is 0 Å². The molecule has 1 aliphatic carbocycles. The minimum absolute atomic E-state index is 0.762. The third-order valence-electron chi connectivity index (χ3n) is 2.60. The molecule has 10 heavy (non-hydrogen) atoms. The molecule has 3 unspecified atom stereocenters. The topological polar surface area (TPSA) is 0 Å². The van der Waals surface area contributed by atoms with Gasteiger partial charge in [0.2, 0.25) is 0 Å². The Bertz CT molecular complexity index is 120. The van der Waals surface area contributed by atoms with Crippen molar-refractivity contribution < 1.29 is 0 Å². The average Bonchev–Trinajstić information content (AvgIpc) is 2.20. The highest BCUT2D eigenvalue weighted by atomic mass is 79.9. The summed E-state index contributed by atoms with van der Waals surface area (Å²) >= 11 is 3.68. The molecule has 1 rings (SSSR count). The van der Waals surface area contributed by atoms with E-state index in [4.69, 9.17) is 0 Å². The van der Waals surface area contributed by atoms with E-state index >= 15 is 0 Å². The molecule has 0 radical (unpaired) electrons. The number of allylic oxidation sites excluding steroid dienone is 1. The van der Waals surface area contributed by atoms with Gasteiger partial charge in [-0.05, 0) is 31.1 Å². The van der Waals surface area contributed by atoms with E-state index in [9.17, 15) is 0 Å². The lowest BCUT2D eigenvalue weighted by molar-refractivity contribution is 0.431. The molecular weight excluding hydrogens is 188 g/mol. The summed E-state index contributed by atoms with van der Waals surface area (Å²) in [6, 6.07) is 0. The van der Waals surface area contributed by atoms with Gasteiger partial charge in [-0.2, -0.15) is 0 Å². The van der Waals surface area contributed by atoms with Crippen LogP contribution in [-0.2, 0) is 0 Å². The summed E-state index contributed by atoms with van der Waals surface area (Å²) in [5, 5.41) is 0. The van der Waals surface area contributed by atoms with Crippen molar-refractivity contribution in [1.82, 2.24) is 0 Å². The molecule has 0 N–H and O–H groups in total. The summed E-state index contributed by atoms with van der Waals surface area (Å²) in [7, 11) is 0. The van der Waals surface area contributed by atoms with Crippen LogP contribution in [0.15, 0.2) is 12.7 Å². The molecule has 3 atom stereocenters. The molecule has 0 aromatic carbocycles. The molecular formula is C9H15Br. The lowest BCUT2D eigenvalue weighted by Crippen LogP contribution is -2.09. The van der Waals surface area contributed by atoms with Crippen molar-refractivity contribution in [2.24, 2.45) is 11.8 Å². The highest BCUT2D eigenvalue weighted by Gasteiger charge is 2.29. The Morgan fingerprint density at radius 3 is 2.70 bits per heavy atom. The van der Waals surface area contributed by atoms with Gasteiger partial charge in [0.05, 0.1) is 0 Å². The number of halogens is 1. The minimum atomic E-state index is 0.762. The zero-order valence-electron chi connectivity index (χ0n) is 6.52. The Labute approximate surface area is 71.8 Å². The van der Waals surface area contributed by atoms with Crippen LogP contribution in [0.2, 0.25) is 0 Å². The number of hydrogen-bond donors (Lipinski definition) is 0. The van der Waals surface area contributed by atoms with Crippen LogP contribution in [0.25, 0.3) is 0 Å². The molecule has 0 aliphatic heterocycles. The summed E-state index contributed by atoms with van der Waals surface area (Å²) in [6.07, 6.45) is 5.97. The molecule has 0 saturated heterocycles. The maximum atomic E-state index is 3.77. The van der Waals surface area contributed by atoms with E-state index < -0.39 is 0 Å². The Balaban J connectivity index is 2.40. The van der Waals surface area contributed by atoms with Gasteiger partial charge < -0.3 is 0 Å². The predicted molar refractivity (Wildman–Crippen MR) is 49.4 cm³/mol. The van der Waals surface area contributed by atoms with Gasteiger partial charge in [-0.1, -0.05) is 28.9 Å². The second kappa shape index (κ2) is 3.56. The van der Waals surface area contributed by atoms with Gasteiger partial charge in [0.1, 0.15) is 0 Å². The van der Waals surface area contributed by atoms with Crippen molar-refractivity contribution in [2.45, 2.75) is 31.0 Å². The van der Waals surface area contributed by atoms with E-state index in [1.165, 1.54) is 19.3 Å². The first kappa shape index (κ1) is 8.32. The Kier molecular flexibility index (Phi) is 2.96. The normalized spacial score (nSPS) is 40.0. The van der Waals surface area contributed by atoms with Crippen molar-refractivity contribution in [2.75, 3.05) is 0 Å². The smallest absolute Gasteiger partial charge is 0.0174 e. The van der Waals surface area contributed by atoms with E-state index in [1.807, 2.05) is 6.08 Å². The highest BCUT2D eigenvalue weighted by molar-refractivity contribution is 9.09.